The molecule has 3 N–H and O–H groups in total. The highest BCUT2D eigenvalue weighted by atomic mass is 32.2. The molecule has 1 saturated carbocycles. The number of carbonyl (C=O) groups is 2. The molecule has 1 heterocycles. The number of likely N-dealkylation sites (N-methyl/N-ethyl adjacent to an activating group) is 1. The number of rotatable bonds is 11. The van der Waals surface area contributed by atoms with E-state index in [0.29, 0.717) is 18.0 Å². The Labute approximate surface area is 241 Å². The predicted octanol–water partition coefficient (Wildman–Crippen LogP) is 2.92. The summed E-state index contributed by atoms with van der Waals surface area (Å²) < 4.78 is 28.7. The van der Waals surface area contributed by atoms with Crippen molar-refractivity contribution in [3.63, 3.8) is 0 Å². The van der Waals surface area contributed by atoms with Crippen LogP contribution in [0, 0.1) is 17.2 Å². The zero-order valence-electron chi connectivity index (χ0n) is 23.4. The van der Waals surface area contributed by atoms with Gasteiger partial charge in [-0.15, -0.1) is 0 Å². The van der Waals surface area contributed by atoms with Gasteiger partial charge in [0, 0.05) is 38.1 Å². The molecule has 0 saturated heterocycles. The molecule has 218 valence electrons. The minimum absolute atomic E-state index is 0.00885. The lowest BCUT2D eigenvalue weighted by molar-refractivity contribution is -0.124. The molecule has 11 heteroatoms. The number of aromatic nitrogens is 1. The molecule has 2 amide bonds. The quantitative estimate of drug-likeness (QED) is 0.319. The van der Waals surface area contributed by atoms with Gasteiger partial charge in [0.25, 0.3) is 5.91 Å². The number of amides is 2. The van der Waals surface area contributed by atoms with Crippen LogP contribution in [0.3, 0.4) is 0 Å². The third-order valence-electron chi connectivity index (χ3n) is 7.78. The highest BCUT2D eigenvalue weighted by Crippen LogP contribution is 2.28. The number of nitriles is 1. The van der Waals surface area contributed by atoms with Gasteiger partial charge in [0.15, 0.2) is 0 Å². The van der Waals surface area contributed by atoms with Gasteiger partial charge in [0.1, 0.15) is 17.8 Å². The predicted molar refractivity (Wildman–Crippen MR) is 155 cm³/mol. The Bertz CT molecular complexity index is 1540. The van der Waals surface area contributed by atoms with Gasteiger partial charge in [0.05, 0.1) is 16.6 Å². The van der Waals surface area contributed by atoms with Crippen LogP contribution >= 0.6 is 0 Å². The number of para-hydroxylation sites is 1. The second-order valence-electron chi connectivity index (χ2n) is 10.7. The maximum Gasteiger partial charge on any atom is 0.268 e. The molecule has 2 aromatic carbocycles. The lowest BCUT2D eigenvalue weighted by Gasteiger charge is -2.27. The second-order valence-corrected chi connectivity index (χ2v) is 12.7. The van der Waals surface area contributed by atoms with Gasteiger partial charge in [-0.1, -0.05) is 62.4 Å². The first-order chi connectivity index (χ1) is 19.6. The number of nitrogens with zero attached hydrogens (tertiary/aromatic N) is 3. The molecule has 0 bridgehead atoms. The van der Waals surface area contributed by atoms with Crippen molar-refractivity contribution in [2.45, 2.75) is 55.6 Å². The summed E-state index contributed by atoms with van der Waals surface area (Å²) in [6.45, 7) is -0.498. The van der Waals surface area contributed by atoms with E-state index in [4.69, 9.17) is 0 Å². The van der Waals surface area contributed by atoms with E-state index in [9.17, 15) is 28.4 Å². The Balaban J connectivity index is 1.42. The Hall–Kier alpha value is -3.72. The van der Waals surface area contributed by atoms with Crippen molar-refractivity contribution in [3.05, 3.63) is 65.9 Å². The Morgan fingerprint density at radius 3 is 2.51 bits per heavy atom. The molecule has 10 nitrogen and oxygen atoms in total. The smallest absolute Gasteiger partial charge is 0.268 e. The number of aryl methyl sites for hydroxylation is 1. The van der Waals surface area contributed by atoms with Crippen molar-refractivity contribution in [1.29, 1.82) is 5.26 Å². The summed E-state index contributed by atoms with van der Waals surface area (Å²) >= 11 is 0. The molecule has 0 unspecified atom stereocenters. The maximum atomic E-state index is 13.3. The van der Waals surface area contributed by atoms with E-state index in [1.54, 1.807) is 16.7 Å². The number of fused-ring (bicyclic) bond motifs is 1. The summed E-state index contributed by atoms with van der Waals surface area (Å²) in [5.41, 5.74) is 1.36. The van der Waals surface area contributed by atoms with Crippen LogP contribution in [0.5, 0.6) is 0 Å². The fourth-order valence-corrected chi connectivity index (χ4v) is 6.83. The van der Waals surface area contributed by atoms with Gasteiger partial charge in [-0.05, 0) is 36.6 Å². The van der Waals surface area contributed by atoms with Crippen molar-refractivity contribution >= 4 is 32.7 Å². The number of hydrogen-bond donors (Lipinski definition) is 3. The van der Waals surface area contributed by atoms with Gasteiger partial charge >= 0.3 is 0 Å². The highest BCUT2D eigenvalue weighted by Gasteiger charge is 2.29. The van der Waals surface area contributed by atoms with Crippen molar-refractivity contribution in [2.75, 3.05) is 20.1 Å². The monoisotopic (exact) mass is 579 g/mol. The SMILES string of the molecule is CN(C[C@H](O)CNC(=O)[C@H](CC1CCCCC1)NC(=O)c1cc2ccccc2n1C)S(=O)(=O)c1ccccc1C#N. The van der Waals surface area contributed by atoms with E-state index in [2.05, 4.69) is 10.6 Å². The molecular weight excluding hydrogens is 542 g/mol. The van der Waals surface area contributed by atoms with Crippen LogP contribution in [-0.2, 0) is 21.9 Å². The number of benzene rings is 2. The second kappa shape index (κ2) is 13.3. The molecule has 1 aromatic heterocycles. The molecule has 1 aliphatic rings. The summed E-state index contributed by atoms with van der Waals surface area (Å²) in [5.74, 6) is -0.488. The van der Waals surface area contributed by atoms with Crippen LogP contribution in [0.4, 0.5) is 0 Å². The topological polar surface area (TPSA) is 145 Å². The number of hydrogen-bond acceptors (Lipinski definition) is 6. The zero-order chi connectivity index (χ0) is 29.6. The normalized spacial score (nSPS) is 15.8. The summed E-state index contributed by atoms with van der Waals surface area (Å²) in [4.78, 5) is 26.5. The maximum absolute atomic E-state index is 13.3. The van der Waals surface area contributed by atoms with Gasteiger partial charge < -0.3 is 20.3 Å². The minimum atomic E-state index is -4.03. The first-order valence-corrected chi connectivity index (χ1v) is 15.3. The Morgan fingerprint density at radius 1 is 1.12 bits per heavy atom. The lowest BCUT2D eigenvalue weighted by atomic mass is 9.84. The van der Waals surface area contributed by atoms with E-state index in [1.807, 2.05) is 37.4 Å². The van der Waals surface area contributed by atoms with E-state index in [0.717, 1.165) is 47.3 Å². The Morgan fingerprint density at radius 2 is 1.80 bits per heavy atom. The van der Waals surface area contributed by atoms with Crippen molar-refractivity contribution in [1.82, 2.24) is 19.5 Å². The summed E-state index contributed by atoms with van der Waals surface area (Å²) in [6, 6.07) is 16.4. The number of aliphatic hydroxyl groups excluding tert-OH is 1. The molecule has 0 aliphatic heterocycles. The average molecular weight is 580 g/mol. The number of aliphatic hydroxyl groups is 1. The lowest BCUT2D eigenvalue weighted by Crippen LogP contribution is -2.50. The van der Waals surface area contributed by atoms with Gasteiger partial charge in [0.2, 0.25) is 15.9 Å². The first kappa shape index (κ1) is 30.2. The fraction of sp³-hybridized carbons (Fsp3) is 0.433. The van der Waals surface area contributed by atoms with Crippen molar-refractivity contribution in [3.8, 4) is 6.07 Å². The summed E-state index contributed by atoms with van der Waals surface area (Å²) in [5, 5.41) is 26.4. The molecule has 1 aliphatic carbocycles. The van der Waals surface area contributed by atoms with E-state index in [1.165, 1.54) is 25.2 Å². The molecule has 3 aromatic rings. The van der Waals surface area contributed by atoms with E-state index >= 15 is 0 Å². The summed E-state index contributed by atoms with van der Waals surface area (Å²) in [6.07, 6.45) is 4.59. The third kappa shape index (κ3) is 7.14. The largest absolute Gasteiger partial charge is 0.390 e. The van der Waals surface area contributed by atoms with Gasteiger partial charge in [-0.2, -0.15) is 9.57 Å². The Kier molecular flexibility index (Phi) is 9.81. The van der Waals surface area contributed by atoms with Crippen LogP contribution in [0.25, 0.3) is 10.9 Å². The molecule has 0 spiro atoms. The highest BCUT2D eigenvalue weighted by molar-refractivity contribution is 7.89. The molecule has 4 rings (SSSR count). The van der Waals surface area contributed by atoms with Crippen LogP contribution < -0.4 is 10.6 Å². The van der Waals surface area contributed by atoms with Gasteiger partial charge in [-0.25, -0.2) is 8.42 Å². The van der Waals surface area contributed by atoms with Gasteiger partial charge in [-0.3, -0.25) is 9.59 Å². The molecular formula is C30H37N5O5S. The first-order valence-electron chi connectivity index (χ1n) is 13.9. The van der Waals surface area contributed by atoms with Crippen LogP contribution in [0.2, 0.25) is 0 Å². The zero-order valence-corrected chi connectivity index (χ0v) is 24.2. The molecule has 1 fully saturated rings. The third-order valence-corrected chi connectivity index (χ3v) is 9.66. The molecule has 41 heavy (non-hydrogen) atoms. The number of carbonyl (C=O) groups excluding carboxylic acids is 2. The molecule has 0 radical (unpaired) electrons. The van der Waals surface area contributed by atoms with Crippen LogP contribution in [0.1, 0.15) is 54.6 Å². The number of nitrogens with one attached hydrogen (secondary N) is 2. The fourth-order valence-electron chi connectivity index (χ4n) is 5.48. The van der Waals surface area contributed by atoms with E-state index < -0.39 is 28.1 Å². The number of sulfonamides is 1. The van der Waals surface area contributed by atoms with E-state index in [-0.39, 0.29) is 29.5 Å². The van der Waals surface area contributed by atoms with Crippen LogP contribution in [-0.4, -0.2) is 66.5 Å². The molecule has 2 atom stereocenters. The van der Waals surface area contributed by atoms with Crippen molar-refractivity contribution < 1.29 is 23.1 Å². The minimum Gasteiger partial charge on any atom is -0.390 e. The standard InChI is InChI=1S/C30H37N5O5S/c1-34(41(39,40)28-15-9-7-13-23(28)18-31)20-24(36)19-32-29(37)25(16-21-10-4-3-5-11-21)33-30(38)27-17-22-12-6-8-14-26(22)35(27)2/h6-9,12-15,17,21,24-25,36H,3-5,10-11,16,19-20H2,1-2H3,(H,32,37)(H,33,38)/t24-,25+/m1/s1. The van der Waals surface area contributed by atoms with Crippen LogP contribution in [0.15, 0.2) is 59.5 Å². The average Bonchev–Trinajstić information content (AvgIpc) is 3.32. The van der Waals surface area contributed by atoms with Crippen molar-refractivity contribution in [2.24, 2.45) is 13.0 Å². The summed E-state index contributed by atoms with van der Waals surface area (Å²) in [7, 11) is -0.915.